The van der Waals surface area contributed by atoms with Gasteiger partial charge in [0, 0.05) is 32.2 Å². The Bertz CT molecular complexity index is 453. The molecule has 20 heavy (non-hydrogen) atoms. The molecule has 112 valence electrons. The van der Waals surface area contributed by atoms with Crippen molar-refractivity contribution in [3.05, 3.63) is 35.1 Å². The molecule has 1 aromatic carbocycles. The standard InChI is InChI=1S/C14H18F4N2/c1-2-12(20-8-6-19-7-9-20)10-4-3-5-11(15)13(10)14(16,17)18/h3-5,12,19H,2,6-9H2,1H3/t12-/m1/s1. The normalized spacial score (nSPS) is 19.1. The lowest BCUT2D eigenvalue weighted by Gasteiger charge is -2.35. The number of piperazine rings is 1. The van der Waals surface area contributed by atoms with Crippen molar-refractivity contribution < 1.29 is 17.6 Å². The second-order valence-electron chi connectivity index (χ2n) is 4.91. The predicted molar refractivity (Wildman–Crippen MR) is 68.9 cm³/mol. The fraction of sp³-hybridized carbons (Fsp3) is 0.571. The molecule has 0 unspecified atom stereocenters. The largest absolute Gasteiger partial charge is 0.419 e. The zero-order valence-corrected chi connectivity index (χ0v) is 11.3. The molecule has 1 aliphatic heterocycles. The maximum absolute atomic E-state index is 13.7. The van der Waals surface area contributed by atoms with Gasteiger partial charge in [-0.15, -0.1) is 0 Å². The van der Waals surface area contributed by atoms with E-state index in [-0.39, 0.29) is 5.56 Å². The summed E-state index contributed by atoms with van der Waals surface area (Å²) in [5.41, 5.74) is -1.08. The van der Waals surface area contributed by atoms with Crippen molar-refractivity contribution in [3.8, 4) is 0 Å². The van der Waals surface area contributed by atoms with Crippen LogP contribution < -0.4 is 5.32 Å². The lowest BCUT2D eigenvalue weighted by molar-refractivity contribution is -0.141. The highest BCUT2D eigenvalue weighted by molar-refractivity contribution is 5.34. The van der Waals surface area contributed by atoms with Crippen molar-refractivity contribution in [1.29, 1.82) is 0 Å². The van der Waals surface area contributed by atoms with Gasteiger partial charge in [0.15, 0.2) is 0 Å². The van der Waals surface area contributed by atoms with E-state index in [4.69, 9.17) is 0 Å². The minimum Gasteiger partial charge on any atom is -0.314 e. The molecule has 0 spiro atoms. The third-order valence-electron chi connectivity index (χ3n) is 3.67. The molecule has 2 nitrogen and oxygen atoms in total. The Hall–Kier alpha value is -1.14. The second-order valence-corrected chi connectivity index (χ2v) is 4.91. The maximum atomic E-state index is 13.7. The molecule has 1 atom stereocenters. The lowest BCUT2D eigenvalue weighted by atomic mass is 9.95. The van der Waals surface area contributed by atoms with Gasteiger partial charge >= 0.3 is 6.18 Å². The minimum atomic E-state index is -4.66. The van der Waals surface area contributed by atoms with E-state index in [1.165, 1.54) is 12.1 Å². The molecular formula is C14H18F4N2. The number of hydrogen-bond acceptors (Lipinski definition) is 2. The average molecular weight is 290 g/mol. The number of rotatable bonds is 3. The molecule has 1 saturated heterocycles. The highest BCUT2D eigenvalue weighted by Gasteiger charge is 2.39. The topological polar surface area (TPSA) is 15.3 Å². The Labute approximate surface area is 115 Å². The molecular weight excluding hydrogens is 272 g/mol. The van der Waals surface area contributed by atoms with Gasteiger partial charge in [-0.1, -0.05) is 19.1 Å². The Balaban J connectivity index is 2.41. The van der Waals surface area contributed by atoms with Crippen LogP contribution in [0.5, 0.6) is 0 Å². The summed E-state index contributed by atoms with van der Waals surface area (Å²) in [6.45, 7) is 4.66. The molecule has 0 radical (unpaired) electrons. The maximum Gasteiger partial charge on any atom is 0.419 e. The van der Waals surface area contributed by atoms with E-state index >= 15 is 0 Å². The van der Waals surface area contributed by atoms with E-state index in [2.05, 4.69) is 5.32 Å². The number of halogens is 4. The molecule has 6 heteroatoms. The number of nitrogens with zero attached hydrogens (tertiary/aromatic N) is 1. The first-order valence-corrected chi connectivity index (χ1v) is 6.75. The third kappa shape index (κ3) is 3.12. The zero-order chi connectivity index (χ0) is 14.8. The lowest BCUT2D eigenvalue weighted by Crippen LogP contribution is -2.45. The SMILES string of the molecule is CC[C@H](c1cccc(F)c1C(F)(F)F)N1CCNCC1. The van der Waals surface area contributed by atoms with Crippen LogP contribution in [0.2, 0.25) is 0 Å². The van der Waals surface area contributed by atoms with Crippen LogP contribution in [0.15, 0.2) is 18.2 Å². The molecule has 0 aromatic heterocycles. The van der Waals surface area contributed by atoms with Crippen LogP contribution in [0.1, 0.15) is 30.5 Å². The summed E-state index contributed by atoms with van der Waals surface area (Å²) < 4.78 is 53.0. The van der Waals surface area contributed by atoms with E-state index in [0.29, 0.717) is 19.5 Å². The van der Waals surface area contributed by atoms with Crippen molar-refractivity contribution in [1.82, 2.24) is 10.2 Å². The Morgan fingerprint density at radius 2 is 1.90 bits per heavy atom. The summed E-state index contributed by atoms with van der Waals surface area (Å²) in [5, 5.41) is 3.16. The fourth-order valence-electron chi connectivity index (χ4n) is 2.79. The van der Waals surface area contributed by atoms with Crippen LogP contribution in [0.4, 0.5) is 17.6 Å². The molecule has 0 saturated carbocycles. The van der Waals surface area contributed by atoms with Gasteiger partial charge in [-0.3, -0.25) is 4.90 Å². The van der Waals surface area contributed by atoms with Gasteiger partial charge in [0.25, 0.3) is 0 Å². The highest BCUT2D eigenvalue weighted by Crippen LogP contribution is 2.39. The molecule has 0 bridgehead atoms. The van der Waals surface area contributed by atoms with Crippen LogP contribution in [0.3, 0.4) is 0 Å². The highest BCUT2D eigenvalue weighted by atomic mass is 19.4. The predicted octanol–water partition coefficient (Wildman–Crippen LogP) is 3.20. The van der Waals surface area contributed by atoms with Crippen LogP contribution in [-0.2, 0) is 6.18 Å². The fourth-order valence-corrected chi connectivity index (χ4v) is 2.79. The summed E-state index contributed by atoms with van der Waals surface area (Å²) in [6.07, 6.45) is -4.14. The van der Waals surface area contributed by atoms with Crippen LogP contribution in [-0.4, -0.2) is 31.1 Å². The van der Waals surface area contributed by atoms with E-state index < -0.39 is 23.6 Å². The molecule has 0 aliphatic carbocycles. The summed E-state index contributed by atoms with van der Waals surface area (Å²) in [6, 6.07) is 3.22. The average Bonchev–Trinajstić information content (AvgIpc) is 2.39. The van der Waals surface area contributed by atoms with Crippen LogP contribution in [0.25, 0.3) is 0 Å². The molecule has 1 fully saturated rings. The number of hydrogen-bond donors (Lipinski definition) is 1. The molecule has 1 aliphatic rings. The molecule has 2 rings (SSSR count). The quantitative estimate of drug-likeness (QED) is 0.860. The van der Waals surface area contributed by atoms with Gasteiger partial charge < -0.3 is 5.32 Å². The summed E-state index contributed by atoms with van der Waals surface area (Å²) in [7, 11) is 0. The Morgan fingerprint density at radius 1 is 1.25 bits per heavy atom. The minimum absolute atomic E-state index is 0.0434. The van der Waals surface area contributed by atoms with Gasteiger partial charge in [-0.2, -0.15) is 13.2 Å². The summed E-state index contributed by atoms with van der Waals surface area (Å²) in [4.78, 5) is 1.99. The van der Waals surface area contributed by atoms with Crippen LogP contribution in [0, 0.1) is 5.82 Å². The summed E-state index contributed by atoms with van der Waals surface area (Å²) >= 11 is 0. The summed E-state index contributed by atoms with van der Waals surface area (Å²) in [5.74, 6) is -1.19. The van der Waals surface area contributed by atoms with E-state index in [1.807, 2.05) is 11.8 Å². The van der Waals surface area contributed by atoms with Crippen molar-refractivity contribution in [3.63, 3.8) is 0 Å². The third-order valence-corrected chi connectivity index (χ3v) is 3.67. The number of alkyl halides is 3. The molecule has 1 heterocycles. The van der Waals surface area contributed by atoms with Gasteiger partial charge in [-0.25, -0.2) is 4.39 Å². The second kappa shape index (κ2) is 6.10. The van der Waals surface area contributed by atoms with Crippen molar-refractivity contribution >= 4 is 0 Å². The van der Waals surface area contributed by atoms with Crippen molar-refractivity contribution in [2.24, 2.45) is 0 Å². The Morgan fingerprint density at radius 3 is 2.45 bits per heavy atom. The first-order chi connectivity index (χ1) is 9.45. The van der Waals surface area contributed by atoms with E-state index in [0.717, 1.165) is 19.2 Å². The monoisotopic (exact) mass is 290 g/mol. The first kappa shape index (κ1) is 15.3. The smallest absolute Gasteiger partial charge is 0.314 e. The van der Waals surface area contributed by atoms with Crippen molar-refractivity contribution in [2.75, 3.05) is 26.2 Å². The van der Waals surface area contributed by atoms with Gasteiger partial charge in [0.1, 0.15) is 5.82 Å². The Kier molecular flexibility index (Phi) is 4.65. The number of nitrogens with one attached hydrogen (secondary N) is 1. The zero-order valence-electron chi connectivity index (χ0n) is 11.3. The van der Waals surface area contributed by atoms with Gasteiger partial charge in [0.2, 0.25) is 0 Å². The first-order valence-electron chi connectivity index (χ1n) is 6.75. The molecule has 1 N–H and O–H groups in total. The molecule has 1 aromatic rings. The van der Waals surface area contributed by atoms with Gasteiger partial charge in [0.05, 0.1) is 5.56 Å². The van der Waals surface area contributed by atoms with Crippen molar-refractivity contribution in [2.45, 2.75) is 25.6 Å². The number of benzene rings is 1. The van der Waals surface area contributed by atoms with E-state index in [9.17, 15) is 17.6 Å². The van der Waals surface area contributed by atoms with Gasteiger partial charge in [-0.05, 0) is 18.1 Å². The van der Waals surface area contributed by atoms with E-state index in [1.54, 1.807) is 0 Å². The molecule has 0 amide bonds. The van der Waals surface area contributed by atoms with Crippen LogP contribution >= 0.6 is 0 Å².